The van der Waals surface area contributed by atoms with E-state index in [4.69, 9.17) is 5.11 Å². The van der Waals surface area contributed by atoms with Crippen molar-refractivity contribution in [2.24, 2.45) is 0 Å². The van der Waals surface area contributed by atoms with Crippen LogP contribution in [0.5, 0.6) is 0 Å². The number of carbonyl (C=O) groups is 1. The van der Waals surface area contributed by atoms with Crippen molar-refractivity contribution in [1.82, 2.24) is 4.90 Å². The zero-order valence-corrected chi connectivity index (χ0v) is 10.7. The molecule has 3 nitrogen and oxygen atoms in total. The Morgan fingerprint density at radius 3 is 2.22 bits per heavy atom. The average molecular weight is 257 g/mol. The summed E-state index contributed by atoms with van der Waals surface area (Å²) in [5.41, 5.74) is 0.525. The Morgan fingerprint density at radius 2 is 1.78 bits per heavy atom. The third-order valence-electron chi connectivity index (χ3n) is 3.03. The van der Waals surface area contributed by atoms with Gasteiger partial charge in [-0.05, 0) is 37.6 Å². The van der Waals surface area contributed by atoms with Crippen LogP contribution in [-0.2, 0) is 4.79 Å². The van der Waals surface area contributed by atoms with Crippen LogP contribution in [0.25, 0.3) is 0 Å². The fraction of sp³-hybridized carbons (Fsp3) is 0.462. The van der Waals surface area contributed by atoms with E-state index in [-0.39, 0.29) is 5.92 Å². The first kappa shape index (κ1) is 14.6. The van der Waals surface area contributed by atoms with Gasteiger partial charge in [0.25, 0.3) is 0 Å². The maximum absolute atomic E-state index is 13.1. The fourth-order valence-electron chi connectivity index (χ4n) is 1.74. The van der Waals surface area contributed by atoms with Crippen LogP contribution in [0.1, 0.15) is 25.3 Å². The normalized spacial score (nSPS) is 14.6. The molecule has 1 rings (SSSR count). The molecule has 2 unspecified atom stereocenters. The summed E-state index contributed by atoms with van der Waals surface area (Å²) in [4.78, 5) is 12.4. The van der Waals surface area contributed by atoms with Crippen LogP contribution in [0.2, 0.25) is 0 Å². The predicted molar refractivity (Wildman–Crippen MR) is 64.5 cm³/mol. The zero-order chi connectivity index (χ0) is 13.9. The van der Waals surface area contributed by atoms with Gasteiger partial charge in [-0.1, -0.05) is 6.92 Å². The molecule has 0 aliphatic carbocycles. The van der Waals surface area contributed by atoms with Gasteiger partial charge in [-0.15, -0.1) is 0 Å². The van der Waals surface area contributed by atoms with Gasteiger partial charge in [0.15, 0.2) is 0 Å². The van der Waals surface area contributed by atoms with Crippen LogP contribution >= 0.6 is 0 Å². The topological polar surface area (TPSA) is 40.5 Å². The van der Waals surface area contributed by atoms with Crippen LogP contribution in [0.4, 0.5) is 8.78 Å². The molecule has 0 aliphatic rings. The average Bonchev–Trinajstić information content (AvgIpc) is 2.26. The van der Waals surface area contributed by atoms with Crippen molar-refractivity contribution in [3.8, 4) is 0 Å². The van der Waals surface area contributed by atoms with E-state index in [1.54, 1.807) is 25.8 Å². The number of hydrogen-bond donors (Lipinski definition) is 1. The molecule has 0 aromatic heterocycles. The van der Waals surface area contributed by atoms with Crippen molar-refractivity contribution in [3.05, 3.63) is 35.4 Å². The van der Waals surface area contributed by atoms with E-state index >= 15 is 0 Å². The molecular weight excluding hydrogens is 240 g/mol. The lowest BCUT2D eigenvalue weighted by atomic mass is 10.00. The van der Waals surface area contributed by atoms with Gasteiger partial charge in [-0.2, -0.15) is 0 Å². The summed E-state index contributed by atoms with van der Waals surface area (Å²) in [7, 11) is 1.67. The van der Waals surface area contributed by atoms with E-state index in [2.05, 4.69) is 0 Å². The van der Waals surface area contributed by atoms with Crippen LogP contribution in [0.3, 0.4) is 0 Å². The van der Waals surface area contributed by atoms with Crippen molar-refractivity contribution >= 4 is 5.97 Å². The Labute approximate surface area is 105 Å². The lowest BCUT2D eigenvalue weighted by molar-refractivity contribution is -0.142. The van der Waals surface area contributed by atoms with Crippen molar-refractivity contribution in [2.75, 3.05) is 13.6 Å². The van der Waals surface area contributed by atoms with Gasteiger partial charge in [0.05, 0.1) is 0 Å². The molecule has 18 heavy (non-hydrogen) atoms. The minimum atomic E-state index is -0.921. The van der Waals surface area contributed by atoms with Gasteiger partial charge in [0.1, 0.15) is 17.7 Å². The lowest BCUT2D eigenvalue weighted by Gasteiger charge is -2.25. The van der Waals surface area contributed by atoms with Gasteiger partial charge in [0.2, 0.25) is 0 Å². The quantitative estimate of drug-likeness (QED) is 0.881. The molecule has 1 aromatic carbocycles. The summed E-state index contributed by atoms with van der Waals surface area (Å²) in [6, 6.07) is 2.73. The highest BCUT2D eigenvalue weighted by Gasteiger charge is 2.19. The molecule has 1 aromatic rings. The molecule has 0 aliphatic heterocycles. The third-order valence-corrected chi connectivity index (χ3v) is 3.03. The highest BCUT2D eigenvalue weighted by molar-refractivity contribution is 5.72. The van der Waals surface area contributed by atoms with E-state index in [0.717, 1.165) is 6.07 Å². The number of nitrogens with zero attached hydrogens (tertiary/aromatic N) is 1. The molecular formula is C13H17F2NO2. The molecule has 0 spiro atoms. The molecule has 0 bridgehead atoms. The summed E-state index contributed by atoms with van der Waals surface area (Å²) < 4.78 is 26.1. The second kappa shape index (κ2) is 5.91. The number of hydrogen-bond acceptors (Lipinski definition) is 2. The first-order chi connectivity index (χ1) is 8.31. The maximum Gasteiger partial charge on any atom is 0.320 e. The SMILES string of the molecule is CC(CN(C)C(C)C(=O)O)c1cc(F)cc(F)c1. The first-order valence-corrected chi connectivity index (χ1v) is 5.70. The Balaban J connectivity index is 2.75. The number of aliphatic carboxylic acids is 1. The minimum absolute atomic E-state index is 0.151. The molecule has 0 fully saturated rings. The van der Waals surface area contributed by atoms with Crippen LogP contribution in [-0.4, -0.2) is 35.6 Å². The van der Waals surface area contributed by atoms with Crippen LogP contribution in [0, 0.1) is 11.6 Å². The van der Waals surface area contributed by atoms with Crippen molar-refractivity contribution < 1.29 is 18.7 Å². The fourth-order valence-corrected chi connectivity index (χ4v) is 1.74. The van der Waals surface area contributed by atoms with Gasteiger partial charge in [-0.25, -0.2) is 8.78 Å². The zero-order valence-electron chi connectivity index (χ0n) is 10.7. The molecule has 0 saturated carbocycles. The smallest absolute Gasteiger partial charge is 0.320 e. The second-order valence-corrected chi connectivity index (χ2v) is 4.56. The number of halogens is 2. The Bertz CT molecular complexity index is 417. The molecule has 0 amide bonds. The minimum Gasteiger partial charge on any atom is -0.480 e. The predicted octanol–water partition coefficient (Wildman–Crippen LogP) is 2.47. The Hall–Kier alpha value is -1.49. The Kier molecular flexibility index (Phi) is 4.78. The molecule has 0 heterocycles. The summed E-state index contributed by atoms with van der Waals surface area (Å²) in [5, 5.41) is 8.86. The van der Waals surface area contributed by atoms with Gasteiger partial charge in [0, 0.05) is 12.6 Å². The molecule has 0 radical (unpaired) electrons. The van der Waals surface area contributed by atoms with E-state index in [1.165, 1.54) is 12.1 Å². The number of carboxylic acids is 1. The monoisotopic (exact) mass is 257 g/mol. The van der Waals surface area contributed by atoms with Gasteiger partial charge >= 0.3 is 5.97 Å². The summed E-state index contributed by atoms with van der Waals surface area (Å²) in [5.74, 6) is -2.31. The highest BCUT2D eigenvalue weighted by Crippen LogP contribution is 2.19. The molecule has 5 heteroatoms. The first-order valence-electron chi connectivity index (χ1n) is 5.70. The van der Waals surface area contributed by atoms with Crippen LogP contribution in [0.15, 0.2) is 18.2 Å². The van der Waals surface area contributed by atoms with E-state index in [9.17, 15) is 13.6 Å². The maximum atomic E-state index is 13.1. The largest absolute Gasteiger partial charge is 0.480 e. The van der Waals surface area contributed by atoms with Crippen molar-refractivity contribution in [3.63, 3.8) is 0 Å². The number of benzene rings is 1. The van der Waals surface area contributed by atoms with Crippen molar-refractivity contribution in [2.45, 2.75) is 25.8 Å². The van der Waals surface area contributed by atoms with Crippen molar-refractivity contribution in [1.29, 1.82) is 0 Å². The molecule has 100 valence electrons. The van der Waals surface area contributed by atoms with Gasteiger partial charge < -0.3 is 5.11 Å². The third kappa shape index (κ3) is 3.77. The number of rotatable bonds is 5. The van der Waals surface area contributed by atoms with E-state index in [0.29, 0.717) is 12.1 Å². The van der Waals surface area contributed by atoms with E-state index < -0.39 is 23.6 Å². The number of carboxylic acid groups (broad SMARTS) is 1. The lowest BCUT2D eigenvalue weighted by Crippen LogP contribution is -2.38. The summed E-state index contributed by atoms with van der Waals surface area (Å²) in [6.07, 6.45) is 0. The molecule has 2 atom stereocenters. The summed E-state index contributed by atoms with van der Waals surface area (Å²) in [6.45, 7) is 3.79. The number of likely N-dealkylation sites (N-methyl/N-ethyl adjacent to an activating group) is 1. The Morgan fingerprint density at radius 1 is 1.28 bits per heavy atom. The standard InChI is InChI=1S/C13H17F2NO2/c1-8(7-16(3)9(2)13(17)18)10-4-11(14)6-12(15)5-10/h4-6,8-9H,7H2,1-3H3,(H,17,18). The second-order valence-electron chi connectivity index (χ2n) is 4.56. The molecule has 1 N–H and O–H groups in total. The highest BCUT2D eigenvalue weighted by atomic mass is 19.1. The molecule has 0 saturated heterocycles. The van der Waals surface area contributed by atoms with Crippen LogP contribution < -0.4 is 0 Å². The summed E-state index contributed by atoms with van der Waals surface area (Å²) >= 11 is 0. The van der Waals surface area contributed by atoms with E-state index in [1.807, 2.05) is 0 Å². The van der Waals surface area contributed by atoms with Gasteiger partial charge in [-0.3, -0.25) is 9.69 Å².